The normalized spacial score (nSPS) is 11.7. The van der Waals surface area contributed by atoms with Crippen LogP contribution in [0, 0.1) is 13.8 Å². The van der Waals surface area contributed by atoms with Crippen molar-refractivity contribution in [3.05, 3.63) is 57.9 Å². The lowest BCUT2D eigenvalue weighted by Gasteiger charge is -1.98. The number of hydrogen-bond acceptors (Lipinski definition) is 2. The summed E-state index contributed by atoms with van der Waals surface area (Å²) in [5.41, 5.74) is 4.49. The number of para-hydroxylation sites is 1. The van der Waals surface area contributed by atoms with Gasteiger partial charge in [-0.05, 0) is 37.6 Å². The predicted molar refractivity (Wildman–Crippen MR) is 81.3 cm³/mol. The standard InChI is InChI=1S/C17H13NO2/c1-9-7-10(2)15-12(8-9)14-16(18-15)11-5-3-4-6-13(11)20-17(14)19/h3-8,18H,1-2H3. The van der Waals surface area contributed by atoms with Crippen molar-refractivity contribution >= 4 is 32.8 Å². The number of rotatable bonds is 0. The molecule has 2 aromatic heterocycles. The van der Waals surface area contributed by atoms with Gasteiger partial charge in [-0.1, -0.05) is 23.8 Å². The molecule has 0 fully saturated rings. The van der Waals surface area contributed by atoms with Gasteiger partial charge in [0.1, 0.15) is 5.58 Å². The molecule has 0 aliphatic heterocycles. The molecule has 0 radical (unpaired) electrons. The Morgan fingerprint density at radius 2 is 1.80 bits per heavy atom. The first kappa shape index (κ1) is 11.3. The molecule has 3 heteroatoms. The fourth-order valence-electron chi connectivity index (χ4n) is 2.98. The highest BCUT2D eigenvalue weighted by Gasteiger charge is 2.14. The maximum absolute atomic E-state index is 12.3. The van der Waals surface area contributed by atoms with E-state index in [1.165, 1.54) is 0 Å². The Morgan fingerprint density at radius 1 is 1.00 bits per heavy atom. The van der Waals surface area contributed by atoms with E-state index in [2.05, 4.69) is 18.0 Å². The summed E-state index contributed by atoms with van der Waals surface area (Å²) < 4.78 is 5.45. The van der Waals surface area contributed by atoms with Crippen LogP contribution in [0.3, 0.4) is 0 Å². The first-order valence-corrected chi connectivity index (χ1v) is 6.59. The average molecular weight is 263 g/mol. The molecule has 0 unspecified atom stereocenters. The number of H-pyrrole nitrogens is 1. The van der Waals surface area contributed by atoms with E-state index in [0.717, 1.165) is 32.9 Å². The number of nitrogens with one attached hydrogen (secondary N) is 1. The van der Waals surface area contributed by atoms with E-state index in [-0.39, 0.29) is 5.63 Å². The Labute approximate surface area is 114 Å². The molecule has 0 bridgehead atoms. The molecular weight excluding hydrogens is 250 g/mol. The summed E-state index contributed by atoms with van der Waals surface area (Å²) in [7, 11) is 0. The lowest BCUT2D eigenvalue weighted by molar-refractivity contribution is 0.570. The van der Waals surface area contributed by atoms with Gasteiger partial charge in [0.05, 0.1) is 10.9 Å². The highest BCUT2D eigenvalue weighted by Crippen LogP contribution is 2.30. The first-order chi connectivity index (χ1) is 9.65. The molecule has 20 heavy (non-hydrogen) atoms. The van der Waals surface area contributed by atoms with Crippen molar-refractivity contribution < 1.29 is 4.42 Å². The third kappa shape index (κ3) is 1.37. The lowest BCUT2D eigenvalue weighted by Crippen LogP contribution is -1.98. The monoisotopic (exact) mass is 263 g/mol. The van der Waals surface area contributed by atoms with Gasteiger partial charge in [-0.25, -0.2) is 4.79 Å². The van der Waals surface area contributed by atoms with Crippen LogP contribution in [0.5, 0.6) is 0 Å². The van der Waals surface area contributed by atoms with Gasteiger partial charge in [-0.3, -0.25) is 0 Å². The summed E-state index contributed by atoms with van der Waals surface area (Å²) in [4.78, 5) is 15.7. The number of aromatic amines is 1. The van der Waals surface area contributed by atoms with Crippen molar-refractivity contribution in [2.45, 2.75) is 13.8 Å². The number of aromatic nitrogens is 1. The topological polar surface area (TPSA) is 46.0 Å². The highest BCUT2D eigenvalue weighted by molar-refractivity contribution is 6.15. The van der Waals surface area contributed by atoms with Gasteiger partial charge in [0, 0.05) is 16.3 Å². The molecule has 4 aromatic rings. The molecule has 0 saturated carbocycles. The molecular formula is C17H13NO2. The van der Waals surface area contributed by atoms with Crippen molar-refractivity contribution in [3.63, 3.8) is 0 Å². The molecule has 2 aromatic carbocycles. The van der Waals surface area contributed by atoms with Gasteiger partial charge in [-0.2, -0.15) is 0 Å². The van der Waals surface area contributed by atoms with Gasteiger partial charge < -0.3 is 9.40 Å². The Kier molecular flexibility index (Phi) is 2.11. The number of fused-ring (bicyclic) bond motifs is 5. The van der Waals surface area contributed by atoms with Crippen LogP contribution in [0.4, 0.5) is 0 Å². The molecule has 1 N–H and O–H groups in total. The van der Waals surface area contributed by atoms with Gasteiger partial charge >= 0.3 is 5.63 Å². The summed E-state index contributed by atoms with van der Waals surface area (Å²) in [5.74, 6) is 0. The molecule has 2 heterocycles. The number of aryl methyl sites for hydroxylation is 2. The largest absolute Gasteiger partial charge is 0.422 e. The Hall–Kier alpha value is -2.55. The van der Waals surface area contributed by atoms with E-state index in [4.69, 9.17) is 4.42 Å². The minimum Gasteiger partial charge on any atom is -0.422 e. The van der Waals surface area contributed by atoms with Crippen LogP contribution in [-0.2, 0) is 0 Å². The molecule has 0 aliphatic rings. The maximum Gasteiger partial charge on any atom is 0.346 e. The van der Waals surface area contributed by atoms with Crippen LogP contribution in [0.2, 0.25) is 0 Å². The minimum absolute atomic E-state index is 0.282. The van der Waals surface area contributed by atoms with Crippen LogP contribution in [0.15, 0.2) is 45.6 Å². The average Bonchev–Trinajstić information content (AvgIpc) is 2.79. The van der Waals surface area contributed by atoms with Crippen molar-refractivity contribution in [2.75, 3.05) is 0 Å². The summed E-state index contributed by atoms with van der Waals surface area (Å²) >= 11 is 0. The Morgan fingerprint density at radius 3 is 2.65 bits per heavy atom. The van der Waals surface area contributed by atoms with E-state index in [9.17, 15) is 4.79 Å². The number of benzene rings is 2. The van der Waals surface area contributed by atoms with Gasteiger partial charge in [0.25, 0.3) is 0 Å². The molecule has 4 rings (SSSR count). The first-order valence-electron chi connectivity index (χ1n) is 6.59. The Balaban J connectivity index is 2.39. The van der Waals surface area contributed by atoms with Crippen molar-refractivity contribution in [1.29, 1.82) is 0 Å². The van der Waals surface area contributed by atoms with Gasteiger partial charge in [-0.15, -0.1) is 0 Å². The maximum atomic E-state index is 12.3. The van der Waals surface area contributed by atoms with Crippen LogP contribution in [0.25, 0.3) is 32.8 Å². The molecule has 0 atom stereocenters. The third-order valence-corrected chi connectivity index (χ3v) is 3.81. The van der Waals surface area contributed by atoms with Crippen LogP contribution < -0.4 is 5.63 Å². The lowest BCUT2D eigenvalue weighted by atomic mass is 10.1. The quantitative estimate of drug-likeness (QED) is 0.486. The van der Waals surface area contributed by atoms with Crippen LogP contribution >= 0.6 is 0 Å². The number of hydrogen-bond donors (Lipinski definition) is 1. The van der Waals surface area contributed by atoms with Gasteiger partial charge in [0.2, 0.25) is 0 Å². The van der Waals surface area contributed by atoms with Crippen molar-refractivity contribution in [2.24, 2.45) is 0 Å². The van der Waals surface area contributed by atoms with Crippen LogP contribution in [0.1, 0.15) is 11.1 Å². The zero-order valence-corrected chi connectivity index (χ0v) is 11.3. The van der Waals surface area contributed by atoms with Crippen molar-refractivity contribution in [1.82, 2.24) is 4.98 Å². The second-order valence-corrected chi connectivity index (χ2v) is 5.27. The van der Waals surface area contributed by atoms with E-state index in [0.29, 0.717) is 11.0 Å². The zero-order chi connectivity index (χ0) is 13.9. The summed E-state index contributed by atoms with van der Waals surface area (Å²) in [6.07, 6.45) is 0. The highest BCUT2D eigenvalue weighted by atomic mass is 16.4. The molecule has 3 nitrogen and oxygen atoms in total. The molecule has 0 spiro atoms. The zero-order valence-electron chi connectivity index (χ0n) is 11.3. The summed E-state index contributed by atoms with van der Waals surface area (Å²) in [5, 5.41) is 2.53. The van der Waals surface area contributed by atoms with Gasteiger partial charge in [0.15, 0.2) is 0 Å². The van der Waals surface area contributed by atoms with E-state index in [1.54, 1.807) is 0 Å². The van der Waals surface area contributed by atoms with E-state index < -0.39 is 0 Å². The Bertz CT molecular complexity index is 1040. The smallest absolute Gasteiger partial charge is 0.346 e. The molecule has 0 aliphatic carbocycles. The van der Waals surface area contributed by atoms with Crippen LogP contribution in [-0.4, -0.2) is 4.98 Å². The van der Waals surface area contributed by atoms with E-state index >= 15 is 0 Å². The molecule has 0 saturated heterocycles. The second-order valence-electron chi connectivity index (χ2n) is 5.27. The van der Waals surface area contributed by atoms with Crippen molar-refractivity contribution in [3.8, 4) is 0 Å². The minimum atomic E-state index is -0.282. The fraction of sp³-hybridized carbons (Fsp3) is 0.118. The summed E-state index contributed by atoms with van der Waals surface area (Å²) in [6, 6.07) is 11.8. The second kappa shape index (κ2) is 3.73. The molecule has 98 valence electrons. The third-order valence-electron chi connectivity index (χ3n) is 3.81. The summed E-state index contributed by atoms with van der Waals surface area (Å²) in [6.45, 7) is 4.09. The predicted octanol–water partition coefficient (Wildman–Crippen LogP) is 4.04. The fourth-order valence-corrected chi connectivity index (χ4v) is 2.98. The SMILES string of the molecule is Cc1cc(C)c2[nH]c3c4ccccc4oc(=O)c3c2c1. The van der Waals surface area contributed by atoms with E-state index in [1.807, 2.05) is 37.3 Å². The molecule has 0 amide bonds.